The topological polar surface area (TPSA) is 135 Å². The summed E-state index contributed by atoms with van der Waals surface area (Å²) in [5, 5.41) is 15.7. The maximum absolute atomic E-state index is 13.9. The molecule has 12 heteroatoms. The van der Waals surface area contributed by atoms with Crippen LogP contribution >= 0.6 is 11.6 Å². The predicted octanol–water partition coefficient (Wildman–Crippen LogP) is 2.82. The highest BCUT2D eigenvalue weighted by Gasteiger charge is 2.36. The molecule has 3 aromatic rings. The van der Waals surface area contributed by atoms with Crippen LogP contribution in [0.15, 0.2) is 60.8 Å². The Morgan fingerprint density at radius 2 is 1.86 bits per heavy atom. The number of carbonyl (C=O) groups excluding carboxylic acids is 3. The molecule has 0 unspecified atom stereocenters. The minimum Gasteiger partial charge on any atom is -0.478 e. The van der Waals surface area contributed by atoms with E-state index in [1.165, 1.54) is 17.0 Å². The third-order valence-electron chi connectivity index (χ3n) is 7.44. The molecule has 1 aromatic heterocycles. The molecule has 2 aliphatic heterocycles. The number of fused-ring (bicyclic) bond motifs is 1. The van der Waals surface area contributed by atoms with Crippen molar-refractivity contribution in [1.29, 1.82) is 0 Å². The summed E-state index contributed by atoms with van der Waals surface area (Å²) in [6, 6.07) is 13.6. The predicted molar refractivity (Wildman–Crippen MR) is 158 cm³/mol. The quantitative estimate of drug-likeness (QED) is 0.364. The zero-order valence-electron chi connectivity index (χ0n) is 23.0. The Balaban J connectivity index is 1.44. The molecule has 2 aliphatic rings. The number of aromatic nitrogens is 1. The van der Waals surface area contributed by atoms with E-state index in [1.54, 1.807) is 48.7 Å². The van der Waals surface area contributed by atoms with Crippen LogP contribution < -0.4 is 10.6 Å². The number of benzene rings is 2. The Labute approximate surface area is 248 Å². The number of aromatic carboxylic acids is 1. The molecule has 11 nitrogen and oxygen atoms in total. The van der Waals surface area contributed by atoms with Crippen molar-refractivity contribution in [2.75, 3.05) is 50.4 Å². The Kier molecular flexibility index (Phi) is 8.81. The number of nitrogens with one attached hydrogen (secondary N) is 2. The number of likely N-dealkylation sites (N-methyl/N-ethyl adjacent to an activating group) is 1. The van der Waals surface area contributed by atoms with E-state index in [0.717, 1.165) is 26.2 Å². The summed E-state index contributed by atoms with van der Waals surface area (Å²) in [7, 11) is 2.02. The van der Waals surface area contributed by atoms with Crippen LogP contribution in [-0.4, -0.2) is 94.3 Å². The van der Waals surface area contributed by atoms with Crippen LogP contribution in [-0.2, 0) is 22.6 Å². The van der Waals surface area contributed by atoms with E-state index < -0.39 is 23.8 Å². The molecule has 42 heavy (non-hydrogen) atoms. The maximum Gasteiger partial charge on any atom is 0.337 e. The van der Waals surface area contributed by atoms with Gasteiger partial charge in [0.15, 0.2) is 0 Å². The van der Waals surface area contributed by atoms with Gasteiger partial charge in [-0.2, -0.15) is 0 Å². The Hall–Kier alpha value is -4.32. The summed E-state index contributed by atoms with van der Waals surface area (Å²) in [4.78, 5) is 62.2. The molecule has 0 bridgehead atoms. The molecule has 3 heterocycles. The van der Waals surface area contributed by atoms with E-state index in [0.29, 0.717) is 22.0 Å². The number of anilines is 2. The molecule has 0 spiro atoms. The zero-order chi connectivity index (χ0) is 29.8. The molecular weight excluding hydrogens is 560 g/mol. The molecule has 218 valence electrons. The molecule has 0 aliphatic carbocycles. The number of carboxylic acids is 1. The first kappa shape index (κ1) is 29.2. The maximum atomic E-state index is 13.9. The Morgan fingerprint density at radius 1 is 1.07 bits per heavy atom. The van der Waals surface area contributed by atoms with Gasteiger partial charge in [0.2, 0.25) is 11.8 Å². The molecule has 0 radical (unpaired) electrons. The molecule has 2 aromatic carbocycles. The fourth-order valence-electron chi connectivity index (χ4n) is 5.14. The summed E-state index contributed by atoms with van der Waals surface area (Å²) in [6.07, 6.45) is 1.77. The van der Waals surface area contributed by atoms with Crippen LogP contribution in [0.4, 0.5) is 11.4 Å². The number of hydrogen-bond donors (Lipinski definition) is 3. The second-order valence-corrected chi connectivity index (χ2v) is 10.9. The number of rotatable bonds is 8. The summed E-state index contributed by atoms with van der Waals surface area (Å²) >= 11 is 6.15. The average molecular weight is 591 g/mol. The number of halogens is 1. The van der Waals surface area contributed by atoms with Crippen LogP contribution in [0.1, 0.15) is 32.0 Å². The van der Waals surface area contributed by atoms with Crippen molar-refractivity contribution in [3.8, 4) is 0 Å². The number of piperazine rings is 1. The minimum atomic E-state index is -1.19. The molecule has 1 fully saturated rings. The Morgan fingerprint density at radius 3 is 2.57 bits per heavy atom. The van der Waals surface area contributed by atoms with Crippen LogP contribution in [0.2, 0.25) is 5.02 Å². The third-order valence-corrected chi connectivity index (χ3v) is 7.68. The number of nitrogens with zero attached hydrogens (tertiary/aromatic N) is 4. The average Bonchev–Trinajstić information content (AvgIpc) is 3.04. The molecular formula is C30H31ClN6O5. The van der Waals surface area contributed by atoms with Gasteiger partial charge >= 0.3 is 5.97 Å². The lowest BCUT2D eigenvalue weighted by molar-refractivity contribution is -0.120. The van der Waals surface area contributed by atoms with Gasteiger partial charge in [0, 0.05) is 56.1 Å². The zero-order valence-corrected chi connectivity index (χ0v) is 23.8. The number of amides is 3. The second kappa shape index (κ2) is 12.7. The molecule has 3 N–H and O–H groups in total. The van der Waals surface area contributed by atoms with Crippen LogP contribution in [0.3, 0.4) is 0 Å². The van der Waals surface area contributed by atoms with E-state index in [9.17, 15) is 24.3 Å². The van der Waals surface area contributed by atoms with Gasteiger partial charge in [0.25, 0.3) is 5.91 Å². The first-order valence-corrected chi connectivity index (χ1v) is 13.9. The van der Waals surface area contributed by atoms with Gasteiger partial charge in [-0.25, -0.2) is 4.79 Å². The number of carbonyl (C=O) groups is 4. The minimum absolute atomic E-state index is 0.0208. The number of carboxylic acid groups (broad SMARTS) is 1. The lowest BCUT2D eigenvalue weighted by Gasteiger charge is -2.31. The van der Waals surface area contributed by atoms with Crippen molar-refractivity contribution in [1.82, 2.24) is 19.7 Å². The van der Waals surface area contributed by atoms with Gasteiger partial charge in [0.1, 0.15) is 6.04 Å². The summed E-state index contributed by atoms with van der Waals surface area (Å²) in [5.41, 5.74) is 1.80. The van der Waals surface area contributed by atoms with Crippen molar-refractivity contribution in [2.24, 2.45) is 0 Å². The first-order chi connectivity index (χ1) is 20.2. The van der Waals surface area contributed by atoms with E-state index in [-0.39, 0.29) is 42.2 Å². The Bertz CT molecular complexity index is 1510. The van der Waals surface area contributed by atoms with E-state index in [4.69, 9.17) is 11.6 Å². The molecule has 3 amide bonds. The highest BCUT2D eigenvalue weighted by molar-refractivity contribution is 6.31. The highest BCUT2D eigenvalue weighted by Crippen LogP contribution is 2.29. The van der Waals surface area contributed by atoms with Crippen LogP contribution in [0.25, 0.3) is 0 Å². The monoisotopic (exact) mass is 590 g/mol. The van der Waals surface area contributed by atoms with E-state index >= 15 is 0 Å². The van der Waals surface area contributed by atoms with Gasteiger partial charge < -0.3 is 25.5 Å². The fourth-order valence-corrected chi connectivity index (χ4v) is 5.31. The standard InChI is InChI=1S/C30H31ClN6O5/c1-35-10-12-36(13-11-35)18-27(38)33-24-14-19(5-7-23(24)30(41)42)17-37-26(16-21-4-2-3-9-32-21)28(39)34-25-15-20(31)6-8-22(25)29(37)40/h2-9,14-15,26H,10-13,16-18H2,1H3,(H,33,38)(H,34,39)(H,41,42)/t26-/m1/s1. The fraction of sp³-hybridized carbons (Fsp3) is 0.300. The summed E-state index contributed by atoms with van der Waals surface area (Å²) in [6.45, 7) is 3.27. The van der Waals surface area contributed by atoms with Crippen LogP contribution in [0, 0.1) is 0 Å². The van der Waals surface area contributed by atoms with Gasteiger partial charge in [-0.05, 0) is 55.1 Å². The van der Waals surface area contributed by atoms with Crippen LogP contribution in [0.5, 0.6) is 0 Å². The van der Waals surface area contributed by atoms with Gasteiger partial charge in [-0.1, -0.05) is 23.7 Å². The van der Waals surface area contributed by atoms with Crippen molar-refractivity contribution in [3.63, 3.8) is 0 Å². The van der Waals surface area contributed by atoms with Crippen molar-refractivity contribution in [2.45, 2.75) is 19.0 Å². The second-order valence-electron chi connectivity index (χ2n) is 10.5. The first-order valence-electron chi connectivity index (χ1n) is 13.6. The lowest BCUT2D eigenvalue weighted by Crippen LogP contribution is -2.47. The van der Waals surface area contributed by atoms with Crippen molar-refractivity contribution >= 4 is 46.7 Å². The SMILES string of the molecule is CN1CCN(CC(=O)Nc2cc(CN3C(=O)c4ccc(Cl)cc4NC(=O)[C@H]3Cc3ccccn3)ccc2C(=O)O)CC1. The largest absolute Gasteiger partial charge is 0.478 e. The molecule has 5 rings (SSSR count). The van der Waals surface area contributed by atoms with Gasteiger partial charge in [-0.15, -0.1) is 0 Å². The summed E-state index contributed by atoms with van der Waals surface area (Å²) in [5.74, 6) is -2.33. The molecule has 0 saturated carbocycles. The lowest BCUT2D eigenvalue weighted by atomic mass is 10.0. The molecule has 1 saturated heterocycles. The third kappa shape index (κ3) is 6.76. The van der Waals surface area contributed by atoms with Gasteiger partial charge in [-0.3, -0.25) is 24.3 Å². The normalized spacial score (nSPS) is 17.8. The van der Waals surface area contributed by atoms with E-state index in [1.807, 2.05) is 11.9 Å². The highest BCUT2D eigenvalue weighted by atomic mass is 35.5. The molecule has 1 atom stereocenters. The van der Waals surface area contributed by atoms with E-state index in [2.05, 4.69) is 20.5 Å². The van der Waals surface area contributed by atoms with Crippen molar-refractivity contribution < 1.29 is 24.3 Å². The smallest absolute Gasteiger partial charge is 0.337 e. The number of pyridine rings is 1. The number of hydrogen-bond acceptors (Lipinski definition) is 7. The summed E-state index contributed by atoms with van der Waals surface area (Å²) < 4.78 is 0. The van der Waals surface area contributed by atoms with Crippen molar-refractivity contribution in [3.05, 3.63) is 88.2 Å². The van der Waals surface area contributed by atoms with Gasteiger partial charge in [0.05, 0.1) is 29.0 Å².